The van der Waals surface area contributed by atoms with Crippen molar-refractivity contribution in [1.29, 1.82) is 0 Å². The quantitative estimate of drug-likeness (QED) is 0.849. The van der Waals surface area contributed by atoms with Gasteiger partial charge in [-0.3, -0.25) is 9.40 Å². The van der Waals surface area contributed by atoms with E-state index in [1.54, 1.807) is 25.6 Å². The van der Waals surface area contributed by atoms with Crippen molar-refractivity contribution < 1.29 is 8.42 Å². The number of nitrogens with zero attached hydrogens (tertiary/aromatic N) is 2. The van der Waals surface area contributed by atoms with Gasteiger partial charge in [-0.15, -0.1) is 0 Å². The van der Waals surface area contributed by atoms with Gasteiger partial charge in [0.1, 0.15) is 0 Å². The van der Waals surface area contributed by atoms with E-state index in [1.807, 2.05) is 0 Å². The molecule has 0 bridgehead atoms. The fraction of sp³-hybridized carbons (Fsp3) is 0.250. The summed E-state index contributed by atoms with van der Waals surface area (Å²) in [6.45, 7) is 3.52. The Labute approximate surface area is 122 Å². The highest BCUT2D eigenvalue weighted by Crippen LogP contribution is 2.26. The Bertz CT molecular complexity index is 768. The van der Waals surface area contributed by atoms with Crippen LogP contribution in [0.4, 0.5) is 11.4 Å². The molecule has 0 saturated heterocycles. The van der Waals surface area contributed by atoms with Gasteiger partial charge in [-0.1, -0.05) is 11.6 Å². The molecule has 0 atom stereocenters. The first-order valence-electron chi connectivity index (χ1n) is 5.80. The first-order valence-corrected chi connectivity index (χ1v) is 7.66. The van der Waals surface area contributed by atoms with Crippen LogP contribution >= 0.6 is 11.6 Å². The van der Waals surface area contributed by atoms with E-state index in [-0.39, 0.29) is 10.6 Å². The van der Waals surface area contributed by atoms with Gasteiger partial charge in [-0.25, -0.2) is 8.42 Å². The predicted molar refractivity (Wildman–Crippen MR) is 79.4 cm³/mol. The van der Waals surface area contributed by atoms with E-state index >= 15 is 0 Å². The molecule has 0 aliphatic rings. The van der Waals surface area contributed by atoms with Crippen molar-refractivity contribution in [2.45, 2.75) is 18.7 Å². The average molecular weight is 315 g/mol. The van der Waals surface area contributed by atoms with Gasteiger partial charge < -0.3 is 5.73 Å². The third-order valence-corrected chi connectivity index (χ3v) is 4.71. The molecule has 2 aromatic rings. The third kappa shape index (κ3) is 2.59. The SMILES string of the molecule is Cc1nn(C)c(C)c1NS(=O)(=O)c1ccc(Cl)c(N)c1. The molecule has 108 valence electrons. The zero-order valence-corrected chi connectivity index (χ0v) is 12.9. The van der Waals surface area contributed by atoms with Crippen molar-refractivity contribution in [2.24, 2.45) is 7.05 Å². The first kappa shape index (κ1) is 14.7. The molecule has 0 aliphatic carbocycles. The summed E-state index contributed by atoms with van der Waals surface area (Å²) in [6, 6.07) is 4.18. The molecule has 0 amide bonds. The molecule has 1 aromatic carbocycles. The molecule has 6 nitrogen and oxygen atoms in total. The van der Waals surface area contributed by atoms with Crippen molar-refractivity contribution >= 4 is 33.0 Å². The minimum absolute atomic E-state index is 0.0575. The van der Waals surface area contributed by atoms with Crippen LogP contribution in [-0.2, 0) is 17.1 Å². The van der Waals surface area contributed by atoms with E-state index in [9.17, 15) is 8.42 Å². The standard InChI is InChI=1S/C12H15ClN4O2S/c1-7-12(8(2)17(3)15-7)16-20(18,19)9-4-5-10(13)11(14)6-9/h4-6,16H,14H2,1-3H3. The van der Waals surface area contributed by atoms with Crippen LogP contribution in [0.25, 0.3) is 0 Å². The highest BCUT2D eigenvalue weighted by molar-refractivity contribution is 7.92. The molecule has 0 saturated carbocycles. The highest BCUT2D eigenvalue weighted by Gasteiger charge is 2.19. The Morgan fingerprint density at radius 2 is 2.00 bits per heavy atom. The van der Waals surface area contributed by atoms with Gasteiger partial charge in [0.2, 0.25) is 0 Å². The number of rotatable bonds is 3. The summed E-state index contributed by atoms with van der Waals surface area (Å²) < 4.78 is 28.8. The molecule has 8 heteroatoms. The van der Waals surface area contributed by atoms with Crippen LogP contribution in [-0.4, -0.2) is 18.2 Å². The summed E-state index contributed by atoms with van der Waals surface area (Å²) in [5, 5.41) is 4.48. The van der Waals surface area contributed by atoms with Crippen molar-refractivity contribution in [3.05, 3.63) is 34.6 Å². The summed E-state index contributed by atoms with van der Waals surface area (Å²) >= 11 is 5.79. The van der Waals surface area contributed by atoms with E-state index in [2.05, 4.69) is 9.82 Å². The molecule has 1 heterocycles. The van der Waals surface area contributed by atoms with Gasteiger partial charge in [0, 0.05) is 7.05 Å². The van der Waals surface area contributed by atoms with E-state index in [1.165, 1.54) is 18.2 Å². The molecule has 0 radical (unpaired) electrons. The van der Waals surface area contributed by atoms with Crippen LogP contribution in [0.5, 0.6) is 0 Å². The molecular weight excluding hydrogens is 300 g/mol. The summed E-state index contributed by atoms with van der Waals surface area (Å²) in [6.07, 6.45) is 0. The molecule has 0 unspecified atom stereocenters. The van der Waals surface area contributed by atoms with Crippen molar-refractivity contribution in [3.63, 3.8) is 0 Å². The van der Waals surface area contributed by atoms with Crippen LogP contribution in [0.15, 0.2) is 23.1 Å². The summed E-state index contributed by atoms with van der Waals surface area (Å²) in [5.41, 5.74) is 7.66. The predicted octanol–water partition coefficient (Wildman–Crippen LogP) is 2.07. The molecule has 2 rings (SSSR count). The molecular formula is C12H15ClN4O2S. The maximum atomic E-state index is 12.3. The highest BCUT2D eigenvalue weighted by atomic mass is 35.5. The number of nitrogens with two attached hydrogens (primary N) is 1. The maximum Gasteiger partial charge on any atom is 0.262 e. The lowest BCUT2D eigenvalue weighted by atomic mass is 10.3. The lowest BCUT2D eigenvalue weighted by Gasteiger charge is -2.09. The first-order chi connectivity index (χ1) is 9.22. The molecule has 0 fully saturated rings. The largest absolute Gasteiger partial charge is 0.397 e. The van der Waals surface area contributed by atoms with Gasteiger partial charge >= 0.3 is 0 Å². The van der Waals surface area contributed by atoms with Crippen LogP contribution in [0, 0.1) is 13.8 Å². The van der Waals surface area contributed by atoms with Gasteiger partial charge in [-0.2, -0.15) is 5.10 Å². The smallest absolute Gasteiger partial charge is 0.262 e. The average Bonchev–Trinajstić information content (AvgIpc) is 2.59. The lowest BCUT2D eigenvalue weighted by molar-refractivity contribution is 0.601. The minimum atomic E-state index is -3.73. The lowest BCUT2D eigenvalue weighted by Crippen LogP contribution is -2.14. The van der Waals surface area contributed by atoms with Crippen molar-refractivity contribution in [1.82, 2.24) is 9.78 Å². The van der Waals surface area contributed by atoms with E-state index in [0.717, 1.165) is 5.69 Å². The summed E-state index contributed by atoms with van der Waals surface area (Å²) in [4.78, 5) is 0.0575. The molecule has 1 aromatic heterocycles. The number of hydrogen-bond acceptors (Lipinski definition) is 4. The Morgan fingerprint density at radius 3 is 2.50 bits per heavy atom. The van der Waals surface area contributed by atoms with E-state index < -0.39 is 10.0 Å². The Kier molecular flexibility index (Phi) is 3.66. The number of hydrogen-bond donors (Lipinski definition) is 2. The molecule has 20 heavy (non-hydrogen) atoms. The zero-order chi connectivity index (χ0) is 15.1. The fourth-order valence-corrected chi connectivity index (χ4v) is 3.13. The number of sulfonamides is 1. The molecule has 0 spiro atoms. The topological polar surface area (TPSA) is 90.0 Å². The number of benzene rings is 1. The second kappa shape index (κ2) is 4.99. The van der Waals surface area contributed by atoms with Crippen molar-refractivity contribution in [3.8, 4) is 0 Å². The minimum Gasteiger partial charge on any atom is -0.397 e. The Morgan fingerprint density at radius 1 is 1.35 bits per heavy atom. The van der Waals surface area contributed by atoms with Gasteiger partial charge in [0.25, 0.3) is 10.0 Å². The number of halogens is 1. The second-order valence-electron chi connectivity index (χ2n) is 4.46. The number of anilines is 2. The Balaban J connectivity index is 2.43. The third-order valence-electron chi connectivity index (χ3n) is 3.02. The van der Waals surface area contributed by atoms with Gasteiger partial charge in [0.05, 0.1) is 32.7 Å². The van der Waals surface area contributed by atoms with E-state index in [4.69, 9.17) is 17.3 Å². The molecule has 0 aliphatic heterocycles. The Hall–Kier alpha value is -1.73. The monoisotopic (exact) mass is 314 g/mol. The van der Waals surface area contributed by atoms with Crippen LogP contribution in [0.2, 0.25) is 5.02 Å². The van der Waals surface area contributed by atoms with Crippen LogP contribution in [0.3, 0.4) is 0 Å². The number of aromatic nitrogens is 2. The van der Waals surface area contributed by atoms with Gasteiger partial charge in [0.15, 0.2) is 0 Å². The summed E-state index contributed by atoms with van der Waals surface area (Å²) in [7, 11) is -1.98. The van der Waals surface area contributed by atoms with E-state index in [0.29, 0.717) is 16.4 Å². The normalized spacial score (nSPS) is 11.6. The van der Waals surface area contributed by atoms with Crippen LogP contribution in [0.1, 0.15) is 11.4 Å². The number of nitrogens with one attached hydrogen (secondary N) is 1. The van der Waals surface area contributed by atoms with Crippen molar-refractivity contribution in [2.75, 3.05) is 10.5 Å². The maximum absolute atomic E-state index is 12.3. The second-order valence-corrected chi connectivity index (χ2v) is 6.55. The van der Waals surface area contributed by atoms with Gasteiger partial charge in [-0.05, 0) is 32.0 Å². The number of nitrogen functional groups attached to an aromatic ring is 1. The zero-order valence-electron chi connectivity index (χ0n) is 11.3. The number of aryl methyl sites for hydroxylation is 2. The van der Waals surface area contributed by atoms with Crippen LogP contribution < -0.4 is 10.5 Å². The molecule has 3 N–H and O–H groups in total. The summed E-state index contributed by atoms with van der Waals surface area (Å²) in [5.74, 6) is 0. The fourth-order valence-electron chi connectivity index (χ4n) is 1.80.